The largest absolute Gasteiger partial charge is 0.466 e. The van der Waals surface area contributed by atoms with E-state index in [-0.39, 0.29) is 23.8 Å². The minimum atomic E-state index is 0.00242. The van der Waals surface area contributed by atoms with E-state index in [9.17, 15) is 14.4 Å². The number of cyclic esters (lactones) is 2. The molecule has 7 heteroatoms. The molecule has 0 spiro atoms. The quantitative estimate of drug-likeness (QED) is 0.110. The Bertz CT molecular complexity index is 868. The topological polar surface area (TPSA) is 82.1 Å². The van der Waals surface area contributed by atoms with Gasteiger partial charge in [-0.3, -0.25) is 14.4 Å². The Balaban J connectivity index is 2.61. The summed E-state index contributed by atoms with van der Waals surface area (Å²) < 4.78 is 17.2. The summed E-state index contributed by atoms with van der Waals surface area (Å²) in [7, 11) is 2.11. The van der Waals surface area contributed by atoms with E-state index in [1.165, 1.54) is 128 Å². The third-order valence-electron chi connectivity index (χ3n) is 12.5. The molecule has 57 heavy (non-hydrogen) atoms. The number of unbranched alkanes of at least 4 members (excludes halogenated alkanes) is 2. The molecular formula is C50H95NO6. The molecule has 2 unspecified atom stereocenters. The number of hydrogen-bond acceptors (Lipinski definition) is 7. The van der Waals surface area contributed by atoms with Gasteiger partial charge in [0.15, 0.2) is 0 Å². The minimum absolute atomic E-state index is 0.00242. The summed E-state index contributed by atoms with van der Waals surface area (Å²) in [4.78, 5) is 40.8. The lowest BCUT2D eigenvalue weighted by molar-refractivity contribution is -0.149. The number of carbonyl (C=O) groups is 3. The summed E-state index contributed by atoms with van der Waals surface area (Å²) in [6, 6.07) is 0. The second-order valence-corrected chi connectivity index (χ2v) is 17.9. The van der Waals surface area contributed by atoms with Crippen LogP contribution in [0, 0.1) is 17.8 Å². The highest BCUT2D eigenvalue weighted by Crippen LogP contribution is 2.25. The Morgan fingerprint density at radius 3 is 1.30 bits per heavy atom. The number of esters is 3. The zero-order valence-corrected chi connectivity index (χ0v) is 38.4. The van der Waals surface area contributed by atoms with Crippen LogP contribution in [0.2, 0.25) is 0 Å². The van der Waals surface area contributed by atoms with Crippen molar-refractivity contribution in [2.24, 2.45) is 17.8 Å². The van der Waals surface area contributed by atoms with Crippen molar-refractivity contribution in [1.29, 1.82) is 0 Å². The SMILES string of the molecule is CCCCC1CCCCCCCCC(CCCC)CC(=O)OCCCCCCCCCCC(C(=O)OCCCN(C)CC)CCCCCCCCCCOC(=O)C1. The minimum Gasteiger partial charge on any atom is -0.466 e. The normalized spacial score (nSPS) is 23.5. The van der Waals surface area contributed by atoms with Crippen molar-refractivity contribution in [1.82, 2.24) is 4.90 Å². The van der Waals surface area contributed by atoms with Gasteiger partial charge in [-0.2, -0.15) is 0 Å². The predicted octanol–water partition coefficient (Wildman–Crippen LogP) is 14.1. The standard InChI is InChI=1S/C50H95NO6/c1-5-8-33-45-35-26-20-16-17-21-27-36-46(34-9-6-2)44-49(53)56-41-31-25-19-13-11-15-23-29-38-47(50(54)57-42-32-39-51(4)7-3)37-28-22-14-10-12-18-24-30-40-55-48(52)43-45/h45-47H,5-44H2,1-4H3. The van der Waals surface area contributed by atoms with E-state index in [0.29, 0.717) is 44.5 Å². The molecule has 1 saturated heterocycles. The fraction of sp³-hybridized carbons (Fsp3) is 0.940. The molecule has 0 bridgehead atoms. The smallest absolute Gasteiger partial charge is 0.308 e. The van der Waals surface area contributed by atoms with E-state index >= 15 is 0 Å². The third kappa shape index (κ3) is 33.9. The Hall–Kier alpha value is -1.63. The molecular weight excluding hydrogens is 711 g/mol. The molecule has 7 nitrogen and oxygen atoms in total. The summed E-state index contributed by atoms with van der Waals surface area (Å²) in [6.45, 7) is 10.3. The summed E-state index contributed by atoms with van der Waals surface area (Å²) in [5.74, 6) is 0.968. The molecule has 0 radical (unpaired) electrons. The van der Waals surface area contributed by atoms with Crippen LogP contribution in [0.25, 0.3) is 0 Å². The third-order valence-corrected chi connectivity index (χ3v) is 12.5. The summed E-state index contributed by atoms with van der Waals surface area (Å²) in [5, 5.41) is 0. The highest BCUT2D eigenvalue weighted by Gasteiger charge is 2.20. The Morgan fingerprint density at radius 1 is 0.544 bits per heavy atom. The Morgan fingerprint density at radius 2 is 0.912 bits per heavy atom. The van der Waals surface area contributed by atoms with Crippen molar-refractivity contribution < 1.29 is 28.6 Å². The molecule has 1 heterocycles. The van der Waals surface area contributed by atoms with Crippen LogP contribution in [0.4, 0.5) is 0 Å². The monoisotopic (exact) mass is 806 g/mol. The molecule has 1 aliphatic rings. The van der Waals surface area contributed by atoms with Crippen molar-refractivity contribution in [3.63, 3.8) is 0 Å². The van der Waals surface area contributed by atoms with Crippen LogP contribution in [0.5, 0.6) is 0 Å². The number of carbonyl (C=O) groups excluding carboxylic acids is 3. The van der Waals surface area contributed by atoms with Gasteiger partial charge in [-0.1, -0.05) is 175 Å². The maximum Gasteiger partial charge on any atom is 0.308 e. The molecule has 2 atom stereocenters. The van der Waals surface area contributed by atoms with E-state index in [2.05, 4.69) is 32.7 Å². The van der Waals surface area contributed by atoms with Crippen LogP contribution >= 0.6 is 0 Å². The molecule has 1 fully saturated rings. The van der Waals surface area contributed by atoms with Gasteiger partial charge in [0, 0.05) is 19.4 Å². The molecule has 0 aliphatic carbocycles. The predicted molar refractivity (Wildman–Crippen MR) is 239 cm³/mol. The van der Waals surface area contributed by atoms with E-state index in [1.54, 1.807) is 0 Å². The van der Waals surface area contributed by atoms with Crippen molar-refractivity contribution >= 4 is 17.9 Å². The van der Waals surface area contributed by atoms with E-state index in [4.69, 9.17) is 14.2 Å². The van der Waals surface area contributed by atoms with Gasteiger partial charge in [0.25, 0.3) is 0 Å². The summed E-state index contributed by atoms with van der Waals surface area (Å²) >= 11 is 0. The van der Waals surface area contributed by atoms with Gasteiger partial charge in [-0.25, -0.2) is 0 Å². The molecule has 1 aliphatic heterocycles. The Kier molecular flexibility index (Phi) is 37.3. The van der Waals surface area contributed by atoms with Gasteiger partial charge in [0.1, 0.15) is 0 Å². The highest BCUT2D eigenvalue weighted by atomic mass is 16.5. The summed E-state index contributed by atoms with van der Waals surface area (Å²) in [5.41, 5.74) is 0. The highest BCUT2D eigenvalue weighted by molar-refractivity contribution is 5.72. The van der Waals surface area contributed by atoms with E-state index in [0.717, 1.165) is 96.6 Å². The lowest BCUT2D eigenvalue weighted by Gasteiger charge is -2.17. The van der Waals surface area contributed by atoms with Gasteiger partial charge in [-0.05, 0) is 83.2 Å². The van der Waals surface area contributed by atoms with Gasteiger partial charge in [0.2, 0.25) is 0 Å². The zero-order valence-electron chi connectivity index (χ0n) is 38.4. The number of rotatable bonds is 12. The van der Waals surface area contributed by atoms with Crippen molar-refractivity contribution in [3.8, 4) is 0 Å². The molecule has 1 rings (SSSR count). The van der Waals surface area contributed by atoms with Gasteiger partial charge < -0.3 is 19.1 Å². The second-order valence-electron chi connectivity index (χ2n) is 17.9. The first kappa shape index (κ1) is 53.4. The average Bonchev–Trinajstić information content (AvgIpc) is 3.20. The van der Waals surface area contributed by atoms with E-state index < -0.39 is 0 Å². The van der Waals surface area contributed by atoms with Gasteiger partial charge >= 0.3 is 17.9 Å². The fourth-order valence-corrected chi connectivity index (χ4v) is 8.49. The van der Waals surface area contributed by atoms with Crippen molar-refractivity contribution in [2.75, 3.05) is 40.0 Å². The lowest BCUT2D eigenvalue weighted by Crippen LogP contribution is -2.23. The van der Waals surface area contributed by atoms with Crippen LogP contribution < -0.4 is 0 Å². The van der Waals surface area contributed by atoms with Crippen LogP contribution in [-0.4, -0.2) is 62.8 Å². The molecule has 336 valence electrons. The van der Waals surface area contributed by atoms with Gasteiger partial charge in [0.05, 0.1) is 25.7 Å². The molecule has 0 aromatic rings. The summed E-state index contributed by atoms with van der Waals surface area (Å²) in [6.07, 6.45) is 39.2. The lowest BCUT2D eigenvalue weighted by atomic mass is 9.91. The number of nitrogens with zero attached hydrogens (tertiary/aromatic N) is 1. The van der Waals surface area contributed by atoms with Crippen LogP contribution in [0.1, 0.15) is 245 Å². The van der Waals surface area contributed by atoms with Crippen LogP contribution in [0.15, 0.2) is 0 Å². The van der Waals surface area contributed by atoms with Crippen molar-refractivity contribution in [2.45, 2.75) is 245 Å². The van der Waals surface area contributed by atoms with E-state index in [1.807, 2.05) is 0 Å². The molecule has 0 N–H and O–H groups in total. The number of hydrogen-bond donors (Lipinski definition) is 0. The molecule has 0 aromatic heterocycles. The average molecular weight is 806 g/mol. The molecule has 0 saturated carbocycles. The first-order chi connectivity index (χ1) is 27.9. The van der Waals surface area contributed by atoms with Crippen molar-refractivity contribution in [3.05, 3.63) is 0 Å². The molecule has 0 amide bonds. The zero-order chi connectivity index (χ0) is 41.4. The second kappa shape index (κ2) is 39.8. The number of ether oxygens (including phenoxy) is 3. The molecule has 0 aromatic carbocycles. The fourth-order valence-electron chi connectivity index (χ4n) is 8.49. The van der Waals surface area contributed by atoms with Crippen LogP contribution in [-0.2, 0) is 28.6 Å². The maximum atomic E-state index is 13.1. The van der Waals surface area contributed by atoms with Crippen LogP contribution in [0.3, 0.4) is 0 Å². The Labute approximate surface area is 353 Å². The van der Waals surface area contributed by atoms with Gasteiger partial charge in [-0.15, -0.1) is 0 Å². The first-order valence-corrected chi connectivity index (χ1v) is 25.1. The maximum absolute atomic E-state index is 13.1. The first-order valence-electron chi connectivity index (χ1n) is 25.1.